The van der Waals surface area contributed by atoms with Crippen molar-refractivity contribution in [3.8, 4) is 0 Å². The van der Waals surface area contributed by atoms with Gasteiger partial charge in [0.05, 0.1) is 18.7 Å². The highest BCUT2D eigenvalue weighted by Gasteiger charge is 2.45. The summed E-state index contributed by atoms with van der Waals surface area (Å²) >= 11 is 0. The fourth-order valence-corrected chi connectivity index (χ4v) is 3.65. The minimum Gasteiger partial charge on any atom is -0.354 e. The maximum Gasteiger partial charge on any atom is 0.257 e. The summed E-state index contributed by atoms with van der Waals surface area (Å²) in [4.78, 5) is 41.7. The van der Waals surface area contributed by atoms with Crippen LogP contribution in [0.15, 0.2) is 48.5 Å². The first-order chi connectivity index (χ1) is 15.3. The molecule has 32 heavy (non-hydrogen) atoms. The number of rotatable bonds is 8. The molecule has 1 aliphatic rings. The Morgan fingerprint density at radius 3 is 2.19 bits per heavy atom. The Kier molecular flexibility index (Phi) is 7.37. The molecule has 1 unspecified atom stereocenters. The van der Waals surface area contributed by atoms with Crippen LogP contribution in [0, 0.1) is 5.82 Å². The van der Waals surface area contributed by atoms with Crippen LogP contribution in [0.3, 0.4) is 0 Å². The summed E-state index contributed by atoms with van der Waals surface area (Å²) in [6, 6.07) is 11.2. The van der Waals surface area contributed by atoms with Gasteiger partial charge in [-0.05, 0) is 47.9 Å². The average Bonchev–Trinajstić information content (AvgIpc) is 3.08. The zero-order valence-corrected chi connectivity index (χ0v) is 18.6. The van der Waals surface area contributed by atoms with Crippen LogP contribution in [0.1, 0.15) is 42.1 Å². The number of amides is 3. The van der Waals surface area contributed by atoms with Crippen LogP contribution in [0.2, 0.25) is 0 Å². The highest BCUT2D eigenvalue weighted by atomic mass is 19.1. The van der Waals surface area contributed by atoms with E-state index in [0.717, 1.165) is 10.5 Å². The van der Waals surface area contributed by atoms with E-state index in [0.29, 0.717) is 11.6 Å². The molecule has 3 amide bonds. The highest BCUT2D eigenvalue weighted by Crippen LogP contribution is 2.28. The highest BCUT2D eigenvalue weighted by molar-refractivity contribution is 6.23. The number of carbonyl (C=O) groups excluding carboxylic acids is 3. The van der Waals surface area contributed by atoms with E-state index in [-0.39, 0.29) is 18.5 Å². The number of carbonyl (C=O) groups is 3. The summed E-state index contributed by atoms with van der Waals surface area (Å²) < 4.78 is 23.8. The maximum absolute atomic E-state index is 13.3. The second-order valence-corrected chi connectivity index (χ2v) is 7.90. The van der Waals surface area contributed by atoms with Crippen molar-refractivity contribution < 1.29 is 28.2 Å². The van der Waals surface area contributed by atoms with Crippen LogP contribution in [0.25, 0.3) is 0 Å². The average molecular weight is 442 g/mol. The van der Waals surface area contributed by atoms with Crippen LogP contribution < -0.4 is 4.90 Å². The van der Waals surface area contributed by atoms with Crippen molar-refractivity contribution >= 4 is 23.4 Å². The third kappa shape index (κ3) is 4.87. The number of halogens is 1. The van der Waals surface area contributed by atoms with E-state index in [2.05, 4.69) is 13.8 Å². The molecule has 7 nitrogen and oxygen atoms in total. The lowest BCUT2D eigenvalue weighted by molar-refractivity contribution is -0.128. The number of anilines is 1. The van der Waals surface area contributed by atoms with Gasteiger partial charge in [-0.15, -0.1) is 0 Å². The van der Waals surface area contributed by atoms with Crippen molar-refractivity contribution in [2.24, 2.45) is 0 Å². The van der Waals surface area contributed by atoms with Gasteiger partial charge < -0.3 is 14.4 Å². The molecule has 0 saturated carbocycles. The van der Waals surface area contributed by atoms with E-state index < -0.39 is 35.9 Å². The minimum absolute atomic E-state index is 0.0764. The number of ether oxygens (including phenoxy) is 2. The summed E-state index contributed by atoms with van der Waals surface area (Å²) in [7, 11) is 2.83. The van der Waals surface area contributed by atoms with Gasteiger partial charge in [0, 0.05) is 19.8 Å². The third-order valence-electron chi connectivity index (χ3n) is 5.54. The molecule has 2 aromatic carbocycles. The van der Waals surface area contributed by atoms with Gasteiger partial charge in [0.2, 0.25) is 5.91 Å². The monoisotopic (exact) mass is 442 g/mol. The largest absolute Gasteiger partial charge is 0.354 e. The van der Waals surface area contributed by atoms with E-state index in [1.165, 1.54) is 43.4 Å². The van der Waals surface area contributed by atoms with Crippen LogP contribution in [0.4, 0.5) is 10.1 Å². The van der Waals surface area contributed by atoms with Gasteiger partial charge in [0.25, 0.3) is 11.8 Å². The van der Waals surface area contributed by atoms with Crippen molar-refractivity contribution in [1.29, 1.82) is 0 Å². The van der Waals surface area contributed by atoms with Crippen molar-refractivity contribution in [1.82, 2.24) is 4.90 Å². The molecule has 3 rings (SSSR count). The SMILES string of the molecule is COC(CN(C(=O)c1ccc(F)cc1)C1CC(=O)N(c2ccc(C(C)C)cc2)C1=O)OC. The lowest BCUT2D eigenvalue weighted by Gasteiger charge is -2.30. The summed E-state index contributed by atoms with van der Waals surface area (Å²) in [6.07, 6.45) is -0.973. The lowest BCUT2D eigenvalue weighted by Crippen LogP contribution is -2.49. The molecule has 170 valence electrons. The van der Waals surface area contributed by atoms with E-state index in [1.54, 1.807) is 12.1 Å². The molecule has 1 saturated heterocycles. The molecule has 0 spiro atoms. The van der Waals surface area contributed by atoms with Gasteiger partial charge in [0.15, 0.2) is 6.29 Å². The van der Waals surface area contributed by atoms with Gasteiger partial charge in [-0.1, -0.05) is 26.0 Å². The van der Waals surface area contributed by atoms with Crippen molar-refractivity contribution in [3.05, 3.63) is 65.5 Å². The van der Waals surface area contributed by atoms with E-state index in [9.17, 15) is 18.8 Å². The van der Waals surface area contributed by atoms with E-state index in [1.807, 2.05) is 12.1 Å². The molecule has 8 heteroatoms. The molecule has 0 aliphatic carbocycles. The van der Waals surface area contributed by atoms with E-state index in [4.69, 9.17) is 9.47 Å². The first kappa shape index (κ1) is 23.6. The van der Waals surface area contributed by atoms with Crippen LogP contribution in [-0.2, 0) is 19.1 Å². The quantitative estimate of drug-likeness (QED) is 0.463. The number of benzene rings is 2. The number of methoxy groups -OCH3 is 2. The smallest absolute Gasteiger partial charge is 0.257 e. The first-order valence-corrected chi connectivity index (χ1v) is 10.4. The Hall–Kier alpha value is -3.10. The molecule has 0 N–H and O–H groups in total. The second-order valence-electron chi connectivity index (χ2n) is 7.90. The maximum atomic E-state index is 13.3. The normalized spacial score (nSPS) is 16.3. The topological polar surface area (TPSA) is 76.2 Å². The van der Waals surface area contributed by atoms with Gasteiger partial charge in [-0.25, -0.2) is 9.29 Å². The summed E-state index contributed by atoms with van der Waals surface area (Å²) in [6.45, 7) is 4.03. The minimum atomic E-state index is -1.03. The summed E-state index contributed by atoms with van der Waals surface area (Å²) in [5.41, 5.74) is 1.73. The zero-order valence-electron chi connectivity index (χ0n) is 18.6. The standard InChI is InChI=1S/C24H27FN2O5/c1-15(2)16-7-11-19(12-8-16)27-21(28)13-20(24(27)30)26(14-22(31-3)32-4)23(29)17-5-9-18(25)10-6-17/h5-12,15,20,22H,13-14H2,1-4H3. The molecule has 0 bridgehead atoms. The number of nitrogens with zero attached hydrogens (tertiary/aromatic N) is 2. The fourth-order valence-electron chi connectivity index (χ4n) is 3.65. The van der Waals surface area contributed by atoms with Crippen molar-refractivity contribution in [3.63, 3.8) is 0 Å². The molecular weight excluding hydrogens is 415 g/mol. The number of imide groups is 1. The Balaban J connectivity index is 1.91. The van der Waals surface area contributed by atoms with Crippen molar-refractivity contribution in [2.75, 3.05) is 25.7 Å². The van der Waals surface area contributed by atoms with Gasteiger partial charge >= 0.3 is 0 Å². The second kappa shape index (κ2) is 10.0. The zero-order chi connectivity index (χ0) is 23.4. The molecule has 1 fully saturated rings. The summed E-state index contributed by atoms with van der Waals surface area (Å²) in [5, 5.41) is 0. The molecule has 1 aliphatic heterocycles. The third-order valence-corrected chi connectivity index (χ3v) is 5.54. The first-order valence-electron chi connectivity index (χ1n) is 10.4. The Labute approximate surface area is 186 Å². The molecule has 2 aromatic rings. The van der Waals surface area contributed by atoms with Crippen LogP contribution in [-0.4, -0.2) is 55.7 Å². The molecule has 0 aromatic heterocycles. The van der Waals surface area contributed by atoms with Gasteiger partial charge in [-0.2, -0.15) is 0 Å². The molecule has 1 atom stereocenters. The number of hydrogen-bond donors (Lipinski definition) is 0. The Morgan fingerprint density at radius 2 is 1.66 bits per heavy atom. The summed E-state index contributed by atoms with van der Waals surface area (Å²) in [5.74, 6) is -1.60. The lowest BCUT2D eigenvalue weighted by atomic mass is 10.0. The van der Waals surface area contributed by atoms with Gasteiger partial charge in [-0.3, -0.25) is 14.4 Å². The Bertz CT molecular complexity index is 971. The predicted molar refractivity (Wildman–Crippen MR) is 117 cm³/mol. The predicted octanol–water partition coefficient (Wildman–Crippen LogP) is 3.34. The Morgan fingerprint density at radius 1 is 1.06 bits per heavy atom. The molecule has 0 radical (unpaired) electrons. The van der Waals surface area contributed by atoms with Crippen LogP contribution >= 0.6 is 0 Å². The fraction of sp³-hybridized carbons (Fsp3) is 0.375. The van der Waals surface area contributed by atoms with E-state index >= 15 is 0 Å². The van der Waals surface area contributed by atoms with Gasteiger partial charge in [0.1, 0.15) is 11.9 Å². The molecule has 1 heterocycles. The van der Waals surface area contributed by atoms with Crippen molar-refractivity contribution in [2.45, 2.75) is 38.5 Å². The number of hydrogen-bond acceptors (Lipinski definition) is 5. The molecular formula is C24H27FN2O5. The van der Waals surface area contributed by atoms with Crippen LogP contribution in [0.5, 0.6) is 0 Å².